The second-order valence-corrected chi connectivity index (χ2v) is 11.4. The molecule has 0 aliphatic carbocycles. The monoisotopic (exact) mass is 602 g/mol. The Kier molecular flexibility index (Phi) is 5.99. The zero-order valence-electron chi connectivity index (χ0n) is 24.2. The van der Waals surface area contributed by atoms with Crippen LogP contribution >= 0.6 is 0 Å². The molecule has 9 rings (SSSR count). The van der Waals surface area contributed by atoms with Crippen LogP contribution in [-0.2, 0) is 20.7 Å². The highest BCUT2D eigenvalue weighted by atomic mass is 16.5. The number of nitrogens with zero attached hydrogens (tertiary/aromatic N) is 4. The first-order valence-electron chi connectivity index (χ1n) is 15.0. The van der Waals surface area contributed by atoms with Crippen LogP contribution < -0.4 is 10.6 Å². The summed E-state index contributed by atoms with van der Waals surface area (Å²) in [7, 11) is 0. The van der Waals surface area contributed by atoms with E-state index in [1.54, 1.807) is 12.4 Å². The summed E-state index contributed by atoms with van der Waals surface area (Å²) in [6.45, 7) is 3.98. The molecule has 45 heavy (non-hydrogen) atoms. The molecule has 7 aromatic rings. The first-order chi connectivity index (χ1) is 22.2. The molecule has 2 aromatic carbocycles. The molecular formula is C32H30N10O3. The molecule has 5 aromatic heterocycles. The summed E-state index contributed by atoms with van der Waals surface area (Å²) in [5, 5.41) is 6.90. The highest BCUT2D eigenvalue weighted by molar-refractivity contribution is 5.81. The van der Waals surface area contributed by atoms with E-state index in [-0.39, 0.29) is 0 Å². The maximum absolute atomic E-state index is 6.35. The average Bonchev–Trinajstić information content (AvgIpc) is 3.93. The number of aromatic amines is 4. The molecule has 13 heteroatoms. The largest absolute Gasteiger partial charge is 0.450 e. The molecule has 0 amide bonds. The summed E-state index contributed by atoms with van der Waals surface area (Å²) >= 11 is 0. The summed E-state index contributed by atoms with van der Waals surface area (Å²) in [6, 6.07) is 16.0. The molecule has 226 valence electrons. The number of furan rings is 1. The van der Waals surface area contributed by atoms with Gasteiger partial charge in [-0.1, -0.05) is 12.1 Å². The Morgan fingerprint density at radius 2 is 1.13 bits per heavy atom. The third kappa shape index (κ3) is 4.24. The standard InChI is InChI=1S/C32H30N10O3/c1-3-21-23(15-19(1)31(17-33-11-13-43-31)29-35-7-8-36-29)41-27(39-21)25-5-6-26(45-25)28-40-22-4-2-20(16-24(22)42-28)32(18-34-12-14-44-32)30-37-9-10-38-30/h1-10,15-16,33-34H,11-14,17-18H2,(H,35,36)(H,37,38)(H,39,41)(H,40,42). The number of nitrogens with one attached hydrogen (secondary N) is 6. The molecule has 2 unspecified atom stereocenters. The molecule has 0 bridgehead atoms. The first kappa shape index (κ1) is 26.3. The fourth-order valence-corrected chi connectivity index (χ4v) is 6.49. The van der Waals surface area contributed by atoms with Gasteiger partial charge in [0, 0.05) is 51.0 Å². The van der Waals surface area contributed by atoms with Gasteiger partial charge in [0.2, 0.25) is 0 Å². The van der Waals surface area contributed by atoms with Crippen LogP contribution in [0.25, 0.3) is 45.2 Å². The van der Waals surface area contributed by atoms with E-state index in [4.69, 9.17) is 23.9 Å². The van der Waals surface area contributed by atoms with Crippen molar-refractivity contribution in [3.05, 3.63) is 96.1 Å². The summed E-state index contributed by atoms with van der Waals surface area (Å²) < 4.78 is 19.0. The van der Waals surface area contributed by atoms with E-state index < -0.39 is 11.2 Å². The maximum Gasteiger partial charge on any atom is 0.174 e. The second kappa shape index (κ2) is 10.2. The molecule has 2 saturated heterocycles. The van der Waals surface area contributed by atoms with Gasteiger partial charge in [0.1, 0.15) is 11.6 Å². The zero-order valence-corrected chi connectivity index (χ0v) is 24.2. The highest BCUT2D eigenvalue weighted by Crippen LogP contribution is 2.37. The van der Waals surface area contributed by atoms with Gasteiger partial charge in [0.05, 0.1) is 35.3 Å². The van der Waals surface area contributed by atoms with E-state index in [0.717, 1.165) is 57.9 Å². The van der Waals surface area contributed by atoms with Crippen molar-refractivity contribution in [1.29, 1.82) is 0 Å². The van der Waals surface area contributed by atoms with Crippen molar-refractivity contribution in [1.82, 2.24) is 50.5 Å². The maximum atomic E-state index is 6.35. The minimum Gasteiger partial charge on any atom is -0.450 e. The molecule has 2 fully saturated rings. The number of benzene rings is 2. The van der Waals surface area contributed by atoms with Crippen LogP contribution in [0.1, 0.15) is 22.8 Å². The van der Waals surface area contributed by atoms with Crippen LogP contribution in [0.3, 0.4) is 0 Å². The fourth-order valence-electron chi connectivity index (χ4n) is 6.49. The second-order valence-electron chi connectivity index (χ2n) is 11.4. The van der Waals surface area contributed by atoms with E-state index in [2.05, 4.69) is 52.7 Å². The number of imidazole rings is 4. The number of rotatable bonds is 6. The molecule has 13 nitrogen and oxygen atoms in total. The summed E-state index contributed by atoms with van der Waals surface area (Å²) in [6.07, 6.45) is 7.13. The van der Waals surface area contributed by atoms with Gasteiger partial charge in [-0.25, -0.2) is 19.9 Å². The zero-order chi connectivity index (χ0) is 29.8. The lowest BCUT2D eigenvalue weighted by Gasteiger charge is -2.36. The van der Waals surface area contributed by atoms with Gasteiger partial charge < -0.3 is 44.5 Å². The van der Waals surface area contributed by atoms with E-state index in [0.29, 0.717) is 49.5 Å². The Labute approximate surface area is 256 Å². The van der Waals surface area contributed by atoms with Crippen molar-refractivity contribution >= 4 is 22.1 Å². The van der Waals surface area contributed by atoms with E-state index in [9.17, 15) is 0 Å². The molecule has 2 atom stereocenters. The highest BCUT2D eigenvalue weighted by Gasteiger charge is 2.41. The number of aromatic nitrogens is 8. The van der Waals surface area contributed by atoms with Crippen LogP contribution in [0, 0.1) is 0 Å². The number of hydrogen-bond acceptors (Lipinski definition) is 9. The predicted octanol–water partition coefficient (Wildman–Crippen LogP) is 3.54. The quantitative estimate of drug-likeness (QED) is 0.167. The summed E-state index contributed by atoms with van der Waals surface area (Å²) in [5.41, 5.74) is 3.95. The smallest absolute Gasteiger partial charge is 0.174 e. The first-order valence-corrected chi connectivity index (χ1v) is 15.0. The molecule has 2 aliphatic rings. The molecule has 0 spiro atoms. The van der Waals surface area contributed by atoms with Crippen LogP contribution in [-0.4, -0.2) is 79.3 Å². The third-order valence-electron chi connectivity index (χ3n) is 8.73. The van der Waals surface area contributed by atoms with Gasteiger partial charge in [0.25, 0.3) is 0 Å². The van der Waals surface area contributed by atoms with Crippen molar-refractivity contribution in [3.8, 4) is 23.2 Å². The molecule has 0 saturated carbocycles. The lowest BCUT2D eigenvalue weighted by Crippen LogP contribution is -2.49. The van der Waals surface area contributed by atoms with Gasteiger partial charge in [0.15, 0.2) is 34.4 Å². The molecule has 0 radical (unpaired) electrons. The van der Waals surface area contributed by atoms with Crippen LogP contribution in [0.2, 0.25) is 0 Å². The van der Waals surface area contributed by atoms with Gasteiger partial charge in [-0.05, 0) is 47.5 Å². The average molecular weight is 603 g/mol. The summed E-state index contributed by atoms with van der Waals surface area (Å²) in [5.74, 6) is 4.01. The predicted molar refractivity (Wildman–Crippen MR) is 165 cm³/mol. The topological polar surface area (TPSA) is 170 Å². The van der Waals surface area contributed by atoms with Crippen LogP contribution in [0.4, 0.5) is 0 Å². The number of hydrogen-bond donors (Lipinski definition) is 6. The van der Waals surface area contributed by atoms with E-state index in [1.807, 2.05) is 48.8 Å². The Bertz CT molecular complexity index is 1950. The van der Waals surface area contributed by atoms with Crippen molar-refractivity contribution in [2.75, 3.05) is 39.4 Å². The van der Waals surface area contributed by atoms with Crippen molar-refractivity contribution in [3.63, 3.8) is 0 Å². The lowest BCUT2D eigenvalue weighted by atomic mass is 9.91. The minimum atomic E-state index is -0.711. The van der Waals surface area contributed by atoms with Crippen LogP contribution in [0.5, 0.6) is 0 Å². The number of morpholine rings is 2. The number of fused-ring (bicyclic) bond motifs is 2. The Balaban J connectivity index is 1.03. The summed E-state index contributed by atoms with van der Waals surface area (Å²) in [4.78, 5) is 32.0. The Hall–Kier alpha value is -5.08. The Morgan fingerprint density at radius 3 is 1.56 bits per heavy atom. The van der Waals surface area contributed by atoms with Crippen molar-refractivity contribution in [2.24, 2.45) is 0 Å². The van der Waals surface area contributed by atoms with Gasteiger partial charge >= 0.3 is 0 Å². The SMILES string of the molecule is c1c[nH]c(C2(c3ccc4nc(-c5ccc(-c6nc7ccc(C8(c9ncc[nH]9)CNCCO8)cc7[nH]6)o5)[nH]c4c3)CNCCO2)n1. The normalized spacial score (nSPS) is 22.4. The molecular weight excluding hydrogens is 572 g/mol. The van der Waals surface area contributed by atoms with Gasteiger partial charge in [-0.3, -0.25) is 0 Å². The van der Waals surface area contributed by atoms with Gasteiger partial charge in [-0.15, -0.1) is 0 Å². The van der Waals surface area contributed by atoms with Gasteiger partial charge in [-0.2, -0.15) is 0 Å². The molecule has 6 N–H and O–H groups in total. The lowest BCUT2D eigenvalue weighted by molar-refractivity contribution is -0.0458. The van der Waals surface area contributed by atoms with E-state index in [1.165, 1.54) is 0 Å². The minimum absolute atomic E-state index is 0.584. The van der Waals surface area contributed by atoms with E-state index >= 15 is 0 Å². The molecule has 7 heterocycles. The van der Waals surface area contributed by atoms with Crippen molar-refractivity contribution < 1.29 is 13.9 Å². The fraction of sp³-hybridized carbons (Fsp3) is 0.250. The third-order valence-corrected chi connectivity index (χ3v) is 8.73. The Morgan fingerprint density at radius 1 is 0.622 bits per heavy atom. The number of H-pyrrole nitrogens is 4. The molecule has 2 aliphatic heterocycles. The number of ether oxygens (including phenoxy) is 2. The van der Waals surface area contributed by atoms with Crippen molar-refractivity contribution in [2.45, 2.75) is 11.2 Å². The van der Waals surface area contributed by atoms with Crippen LogP contribution in [0.15, 0.2) is 77.7 Å².